The average Bonchev–Trinajstić information content (AvgIpc) is 2.29. The Kier molecular flexibility index (Phi) is 5.64. The van der Waals surface area contributed by atoms with Crippen LogP contribution in [0.5, 0.6) is 5.75 Å². The number of halogens is 1. The van der Waals surface area contributed by atoms with Gasteiger partial charge in [0.1, 0.15) is 5.75 Å². The summed E-state index contributed by atoms with van der Waals surface area (Å²) in [5, 5.41) is 3.10. The molecule has 0 saturated heterocycles. The fourth-order valence-electron chi connectivity index (χ4n) is 1.62. The highest BCUT2D eigenvalue weighted by atomic mass is 35.5. The zero-order valence-corrected chi connectivity index (χ0v) is 11.0. The van der Waals surface area contributed by atoms with Crippen LogP contribution in [0, 0.1) is 0 Å². The normalized spacial score (nSPS) is 10.8. The first kappa shape index (κ1) is 13.3. The van der Waals surface area contributed by atoms with Crippen LogP contribution in [0.3, 0.4) is 0 Å². The van der Waals surface area contributed by atoms with Gasteiger partial charge in [-0.2, -0.15) is 0 Å². The van der Waals surface area contributed by atoms with E-state index in [-0.39, 0.29) is 0 Å². The number of nitrogens with one attached hydrogen (secondary N) is 1. The van der Waals surface area contributed by atoms with E-state index < -0.39 is 0 Å². The Morgan fingerprint density at radius 2 is 2.12 bits per heavy atom. The van der Waals surface area contributed by atoms with E-state index >= 15 is 0 Å². The molecule has 1 N–H and O–H groups in total. The molecule has 0 bridgehead atoms. The van der Waals surface area contributed by atoms with Crippen LogP contribution in [-0.4, -0.2) is 19.7 Å². The van der Waals surface area contributed by atoms with Gasteiger partial charge in [0.2, 0.25) is 0 Å². The molecule has 0 spiro atoms. The minimum Gasteiger partial charge on any atom is -0.496 e. The Morgan fingerprint density at radius 3 is 2.69 bits per heavy atom. The van der Waals surface area contributed by atoms with E-state index in [1.165, 1.54) is 11.1 Å². The summed E-state index contributed by atoms with van der Waals surface area (Å²) in [6.45, 7) is 5.24. The molecule has 0 heterocycles. The molecule has 0 unspecified atom stereocenters. The monoisotopic (exact) mass is 241 g/mol. The van der Waals surface area contributed by atoms with Crippen molar-refractivity contribution in [2.45, 2.75) is 26.2 Å². The Bertz CT molecular complexity index is 326. The lowest BCUT2D eigenvalue weighted by Crippen LogP contribution is -2.15. The SMILES string of the molecule is COc1cc(C(C)C)ccc1CCNCCl. The Labute approximate surface area is 103 Å². The van der Waals surface area contributed by atoms with E-state index in [2.05, 4.69) is 37.4 Å². The molecule has 16 heavy (non-hydrogen) atoms. The lowest BCUT2D eigenvalue weighted by Gasteiger charge is -2.12. The number of benzene rings is 1. The molecule has 0 aliphatic rings. The van der Waals surface area contributed by atoms with Crippen molar-refractivity contribution in [3.8, 4) is 5.75 Å². The largest absolute Gasteiger partial charge is 0.496 e. The quantitative estimate of drug-likeness (QED) is 0.469. The number of ether oxygens (including phenoxy) is 1. The molecule has 1 aromatic carbocycles. The van der Waals surface area contributed by atoms with Gasteiger partial charge in [-0.3, -0.25) is 0 Å². The fourth-order valence-corrected chi connectivity index (χ4v) is 1.75. The molecule has 0 amide bonds. The summed E-state index contributed by atoms with van der Waals surface area (Å²) in [4.78, 5) is 0. The van der Waals surface area contributed by atoms with Crippen molar-refractivity contribution >= 4 is 11.6 Å². The van der Waals surface area contributed by atoms with Crippen molar-refractivity contribution in [3.63, 3.8) is 0 Å². The van der Waals surface area contributed by atoms with E-state index in [0.717, 1.165) is 18.7 Å². The van der Waals surface area contributed by atoms with E-state index in [0.29, 0.717) is 11.9 Å². The first-order chi connectivity index (χ1) is 7.69. The van der Waals surface area contributed by atoms with Crippen LogP contribution < -0.4 is 10.1 Å². The second-order valence-electron chi connectivity index (χ2n) is 4.11. The van der Waals surface area contributed by atoms with Crippen LogP contribution in [0.2, 0.25) is 0 Å². The van der Waals surface area contributed by atoms with Gasteiger partial charge in [-0.15, -0.1) is 11.6 Å². The topological polar surface area (TPSA) is 21.3 Å². The standard InChI is InChI=1S/C13H20ClNO/c1-10(2)12-5-4-11(6-7-15-9-14)13(8-12)16-3/h4-5,8,10,15H,6-7,9H2,1-3H3. The highest BCUT2D eigenvalue weighted by Gasteiger charge is 2.06. The third-order valence-electron chi connectivity index (χ3n) is 2.64. The lowest BCUT2D eigenvalue weighted by atomic mass is 10.00. The molecule has 0 saturated carbocycles. The maximum Gasteiger partial charge on any atom is 0.122 e. The van der Waals surface area contributed by atoms with Crippen LogP contribution in [0.25, 0.3) is 0 Å². The van der Waals surface area contributed by atoms with Crippen LogP contribution in [0.1, 0.15) is 30.9 Å². The average molecular weight is 242 g/mol. The number of hydrogen-bond donors (Lipinski definition) is 1. The molecule has 3 heteroatoms. The summed E-state index contributed by atoms with van der Waals surface area (Å²) < 4.78 is 5.41. The Morgan fingerprint density at radius 1 is 1.38 bits per heavy atom. The highest BCUT2D eigenvalue weighted by Crippen LogP contribution is 2.24. The van der Waals surface area contributed by atoms with Crippen molar-refractivity contribution in [1.29, 1.82) is 0 Å². The van der Waals surface area contributed by atoms with Crippen molar-refractivity contribution in [2.75, 3.05) is 19.7 Å². The minimum atomic E-state index is 0.492. The summed E-state index contributed by atoms with van der Waals surface area (Å²) in [5.41, 5.74) is 2.54. The fraction of sp³-hybridized carbons (Fsp3) is 0.538. The molecule has 1 rings (SSSR count). The van der Waals surface area contributed by atoms with Crippen molar-refractivity contribution in [1.82, 2.24) is 5.32 Å². The van der Waals surface area contributed by atoms with Gasteiger partial charge in [-0.1, -0.05) is 26.0 Å². The molecule has 1 aromatic rings. The molecular formula is C13H20ClNO. The van der Waals surface area contributed by atoms with Gasteiger partial charge < -0.3 is 10.1 Å². The zero-order valence-electron chi connectivity index (χ0n) is 10.2. The number of methoxy groups -OCH3 is 1. The maximum absolute atomic E-state index is 5.57. The number of rotatable bonds is 6. The van der Waals surface area contributed by atoms with Gasteiger partial charge in [0.25, 0.3) is 0 Å². The van der Waals surface area contributed by atoms with Gasteiger partial charge in [0.05, 0.1) is 13.1 Å². The molecular weight excluding hydrogens is 222 g/mol. The van der Waals surface area contributed by atoms with Gasteiger partial charge in [0, 0.05) is 6.54 Å². The van der Waals surface area contributed by atoms with Gasteiger partial charge in [-0.25, -0.2) is 0 Å². The summed E-state index contributed by atoms with van der Waals surface area (Å²) in [6, 6.07) is 6.93. The second kappa shape index (κ2) is 6.77. The number of hydrogen-bond acceptors (Lipinski definition) is 2. The maximum atomic E-state index is 5.57. The van der Waals surface area contributed by atoms with E-state index in [9.17, 15) is 0 Å². The predicted octanol–water partition coefficient (Wildman–Crippen LogP) is 3.15. The predicted molar refractivity (Wildman–Crippen MR) is 69.5 cm³/mol. The molecule has 0 fully saturated rings. The molecule has 0 radical (unpaired) electrons. The van der Waals surface area contributed by atoms with E-state index in [1.54, 1.807) is 7.11 Å². The van der Waals surface area contributed by atoms with Crippen LogP contribution in [0.15, 0.2) is 18.2 Å². The third kappa shape index (κ3) is 3.69. The van der Waals surface area contributed by atoms with E-state index in [4.69, 9.17) is 16.3 Å². The highest BCUT2D eigenvalue weighted by molar-refractivity contribution is 6.17. The third-order valence-corrected chi connectivity index (χ3v) is 2.83. The van der Waals surface area contributed by atoms with Crippen LogP contribution in [-0.2, 0) is 6.42 Å². The zero-order chi connectivity index (χ0) is 12.0. The number of alkyl halides is 1. The first-order valence-electron chi connectivity index (χ1n) is 5.62. The summed E-state index contributed by atoms with van der Waals surface area (Å²) in [5.74, 6) is 1.51. The van der Waals surface area contributed by atoms with Gasteiger partial charge >= 0.3 is 0 Å². The molecule has 90 valence electrons. The summed E-state index contributed by atoms with van der Waals surface area (Å²) >= 11 is 5.57. The lowest BCUT2D eigenvalue weighted by molar-refractivity contribution is 0.408. The summed E-state index contributed by atoms with van der Waals surface area (Å²) in [6.07, 6.45) is 0.939. The van der Waals surface area contributed by atoms with Crippen LogP contribution >= 0.6 is 11.6 Å². The Balaban J connectivity index is 2.76. The molecule has 0 aliphatic carbocycles. The van der Waals surface area contributed by atoms with Crippen LogP contribution in [0.4, 0.5) is 0 Å². The molecule has 0 aliphatic heterocycles. The molecule has 0 aromatic heterocycles. The van der Waals surface area contributed by atoms with Crippen molar-refractivity contribution in [3.05, 3.63) is 29.3 Å². The van der Waals surface area contributed by atoms with E-state index in [1.807, 2.05) is 0 Å². The molecule has 2 nitrogen and oxygen atoms in total. The van der Waals surface area contributed by atoms with Crippen molar-refractivity contribution in [2.24, 2.45) is 0 Å². The molecule has 0 atom stereocenters. The summed E-state index contributed by atoms with van der Waals surface area (Å²) in [7, 11) is 1.72. The van der Waals surface area contributed by atoms with Gasteiger partial charge in [0.15, 0.2) is 0 Å². The smallest absolute Gasteiger partial charge is 0.122 e. The van der Waals surface area contributed by atoms with Gasteiger partial charge in [-0.05, 0) is 29.5 Å². The van der Waals surface area contributed by atoms with Crippen molar-refractivity contribution < 1.29 is 4.74 Å². The minimum absolute atomic E-state index is 0.492. The second-order valence-corrected chi connectivity index (χ2v) is 4.38. The first-order valence-corrected chi connectivity index (χ1v) is 6.16. The Hall–Kier alpha value is -0.730.